The highest BCUT2D eigenvalue weighted by atomic mass is 32.2. The third-order valence-corrected chi connectivity index (χ3v) is 6.73. The number of sulfone groups is 1. The van der Waals surface area contributed by atoms with Crippen molar-refractivity contribution in [2.45, 2.75) is 57.3 Å². The topological polar surface area (TPSA) is 81.0 Å². The number of unbranched alkanes of at least 4 members (excludes halogenated alkanes) is 1. The molecule has 1 saturated carbocycles. The number of carbonyl (C=O) groups excluding carboxylic acids is 1. The largest absolute Gasteiger partial charge is 0.378 e. The van der Waals surface area contributed by atoms with E-state index in [1.54, 1.807) is 36.3 Å². The Morgan fingerprint density at radius 3 is 2.71 bits per heavy atom. The van der Waals surface area contributed by atoms with E-state index in [2.05, 4.69) is 25.8 Å². The van der Waals surface area contributed by atoms with Gasteiger partial charge in [0.1, 0.15) is 0 Å². The molecule has 0 aliphatic heterocycles. The Morgan fingerprint density at radius 2 is 2.11 bits per heavy atom. The van der Waals surface area contributed by atoms with Gasteiger partial charge in [0.2, 0.25) is 15.0 Å². The van der Waals surface area contributed by atoms with Crippen LogP contribution >= 0.6 is 0 Å². The number of pyridine rings is 1. The van der Waals surface area contributed by atoms with Gasteiger partial charge in [0.25, 0.3) is 5.91 Å². The molecule has 0 aromatic carbocycles. The van der Waals surface area contributed by atoms with E-state index in [4.69, 9.17) is 4.74 Å². The summed E-state index contributed by atoms with van der Waals surface area (Å²) in [5.41, 5.74) is 0.482. The molecule has 1 amide bonds. The van der Waals surface area contributed by atoms with E-state index in [0.717, 1.165) is 32.1 Å². The number of nitrogens with zero attached hydrogens (tertiary/aromatic N) is 3. The predicted octanol–water partition coefficient (Wildman–Crippen LogP) is 2.79. The van der Waals surface area contributed by atoms with Crippen molar-refractivity contribution in [3.63, 3.8) is 0 Å². The summed E-state index contributed by atoms with van der Waals surface area (Å²) in [4.78, 5) is 19.1. The lowest BCUT2D eigenvalue weighted by atomic mass is 9.63. The summed E-state index contributed by atoms with van der Waals surface area (Å²) < 4.78 is 31.6. The summed E-state index contributed by atoms with van der Waals surface area (Å²) >= 11 is 0. The smallest absolute Gasteiger partial charge is 0.274 e. The molecule has 1 aliphatic carbocycles. The Hall–Kier alpha value is -1.93. The lowest BCUT2D eigenvalue weighted by molar-refractivity contribution is -0.140. The van der Waals surface area contributed by atoms with Crippen LogP contribution in [0.2, 0.25) is 0 Å². The fourth-order valence-electron chi connectivity index (χ4n) is 3.91. The highest BCUT2D eigenvalue weighted by Gasteiger charge is 2.52. The first-order valence-electron chi connectivity index (χ1n) is 9.65. The first-order valence-corrected chi connectivity index (χ1v) is 11.5. The van der Waals surface area contributed by atoms with Crippen molar-refractivity contribution >= 4 is 21.3 Å². The molecule has 0 unspecified atom stereocenters. The molecular weight excluding hydrogens is 378 g/mol. The molecule has 2 aromatic rings. The zero-order valence-corrected chi connectivity index (χ0v) is 18.0. The normalized spacial score (nSPS) is 21.5. The molecule has 0 bridgehead atoms. The van der Waals surface area contributed by atoms with Gasteiger partial charge < -0.3 is 9.64 Å². The molecule has 8 heteroatoms. The third-order valence-electron chi connectivity index (χ3n) is 5.78. The van der Waals surface area contributed by atoms with Gasteiger partial charge in [-0.3, -0.25) is 9.20 Å². The van der Waals surface area contributed by atoms with Gasteiger partial charge in [-0.15, -0.1) is 0 Å². The number of aromatic nitrogens is 2. The van der Waals surface area contributed by atoms with Crippen molar-refractivity contribution < 1.29 is 17.9 Å². The van der Waals surface area contributed by atoms with Crippen LogP contribution in [0.4, 0.5) is 0 Å². The Balaban J connectivity index is 1.85. The average Bonchev–Trinajstić information content (AvgIpc) is 3.03. The van der Waals surface area contributed by atoms with Crippen LogP contribution in [0.15, 0.2) is 29.6 Å². The summed E-state index contributed by atoms with van der Waals surface area (Å²) in [6.07, 6.45) is 5.71. The van der Waals surface area contributed by atoms with Crippen LogP contribution in [0.25, 0.3) is 5.52 Å². The highest BCUT2D eigenvalue weighted by Crippen LogP contribution is 2.46. The summed E-state index contributed by atoms with van der Waals surface area (Å²) in [7, 11) is -1.81. The Labute approximate surface area is 166 Å². The summed E-state index contributed by atoms with van der Waals surface area (Å²) in [5, 5.41) is -0.117. The van der Waals surface area contributed by atoms with Gasteiger partial charge in [-0.05, 0) is 25.0 Å². The highest BCUT2D eigenvalue weighted by molar-refractivity contribution is 7.90. The maximum Gasteiger partial charge on any atom is 0.274 e. The predicted molar refractivity (Wildman–Crippen MR) is 107 cm³/mol. The molecule has 0 radical (unpaired) electrons. The Bertz CT molecular complexity index is 980. The van der Waals surface area contributed by atoms with E-state index >= 15 is 0 Å². The summed E-state index contributed by atoms with van der Waals surface area (Å²) in [6, 6.07) is 5.21. The minimum Gasteiger partial charge on any atom is -0.378 e. The number of imidazole rings is 1. The lowest BCUT2D eigenvalue weighted by Gasteiger charge is -2.54. The fourth-order valence-corrected chi connectivity index (χ4v) is 4.69. The van der Waals surface area contributed by atoms with Gasteiger partial charge in [0.15, 0.2) is 5.69 Å². The van der Waals surface area contributed by atoms with Crippen LogP contribution in [-0.4, -0.2) is 60.7 Å². The van der Waals surface area contributed by atoms with Gasteiger partial charge in [-0.1, -0.05) is 33.3 Å². The first kappa shape index (κ1) is 20.8. The van der Waals surface area contributed by atoms with E-state index in [1.807, 2.05) is 0 Å². The van der Waals surface area contributed by atoms with Crippen LogP contribution < -0.4 is 0 Å². The SMILES string of the molecule is CCCCO[C@H]1C[C@@H](N(C)C(=O)c2nc(S(C)(=O)=O)n3ccccc23)C1(C)C. The second-order valence-electron chi connectivity index (χ2n) is 8.17. The van der Waals surface area contributed by atoms with E-state index in [-0.39, 0.29) is 34.3 Å². The van der Waals surface area contributed by atoms with Gasteiger partial charge >= 0.3 is 0 Å². The van der Waals surface area contributed by atoms with Crippen molar-refractivity contribution in [3.8, 4) is 0 Å². The number of amides is 1. The molecule has 2 atom stereocenters. The first-order chi connectivity index (χ1) is 13.1. The van der Waals surface area contributed by atoms with Crippen LogP contribution in [-0.2, 0) is 14.6 Å². The molecule has 2 aromatic heterocycles. The van der Waals surface area contributed by atoms with Crippen molar-refractivity contribution in [2.24, 2.45) is 5.41 Å². The molecule has 1 fully saturated rings. The Kier molecular flexibility index (Phi) is 5.55. The zero-order valence-electron chi connectivity index (χ0n) is 17.2. The maximum absolute atomic E-state index is 13.2. The van der Waals surface area contributed by atoms with E-state index in [9.17, 15) is 13.2 Å². The number of fused-ring (bicyclic) bond motifs is 1. The standard InChI is InChI=1S/C20H29N3O4S/c1-6-7-12-27-16-13-15(20(16,2)3)22(4)18(24)17-14-10-8-9-11-23(14)19(21-17)28(5,25)26/h8-11,15-16H,6-7,12-13H2,1-5H3/t15-,16+/m1/s1. The van der Waals surface area contributed by atoms with Crippen molar-refractivity contribution in [1.82, 2.24) is 14.3 Å². The monoisotopic (exact) mass is 407 g/mol. The number of rotatable bonds is 7. The van der Waals surface area contributed by atoms with Crippen LogP contribution in [0, 0.1) is 5.41 Å². The fraction of sp³-hybridized carbons (Fsp3) is 0.600. The van der Waals surface area contributed by atoms with Gasteiger partial charge in [0.05, 0.1) is 11.6 Å². The lowest BCUT2D eigenvalue weighted by Crippen LogP contribution is -2.62. The van der Waals surface area contributed by atoms with E-state index in [1.165, 1.54) is 4.40 Å². The van der Waals surface area contributed by atoms with Crippen LogP contribution in [0.1, 0.15) is 50.5 Å². The summed E-state index contributed by atoms with van der Waals surface area (Å²) in [5.74, 6) is -0.274. The number of hydrogen-bond donors (Lipinski definition) is 0. The van der Waals surface area contributed by atoms with Crippen LogP contribution in [0.3, 0.4) is 0 Å². The molecule has 1 aliphatic rings. The summed E-state index contributed by atoms with van der Waals surface area (Å²) in [6.45, 7) is 7.08. The molecule has 0 saturated heterocycles. The number of carbonyl (C=O) groups is 1. The second-order valence-corrected chi connectivity index (χ2v) is 10.1. The molecule has 7 nitrogen and oxygen atoms in total. The van der Waals surface area contributed by atoms with E-state index in [0.29, 0.717) is 5.52 Å². The van der Waals surface area contributed by atoms with Crippen molar-refractivity contribution in [1.29, 1.82) is 0 Å². The van der Waals surface area contributed by atoms with Crippen molar-refractivity contribution in [2.75, 3.05) is 19.9 Å². The van der Waals surface area contributed by atoms with Crippen molar-refractivity contribution in [3.05, 3.63) is 30.1 Å². The zero-order chi connectivity index (χ0) is 20.7. The van der Waals surface area contributed by atoms with E-state index < -0.39 is 9.84 Å². The molecule has 2 heterocycles. The average molecular weight is 408 g/mol. The Morgan fingerprint density at radius 1 is 1.39 bits per heavy atom. The number of ether oxygens (including phenoxy) is 1. The third kappa shape index (κ3) is 3.55. The number of hydrogen-bond acceptors (Lipinski definition) is 5. The maximum atomic E-state index is 13.2. The van der Waals surface area contributed by atoms with Gasteiger partial charge in [0, 0.05) is 37.6 Å². The second kappa shape index (κ2) is 7.48. The minimum atomic E-state index is -3.56. The van der Waals surface area contributed by atoms with Gasteiger partial charge in [-0.25, -0.2) is 13.4 Å². The van der Waals surface area contributed by atoms with Crippen LogP contribution in [0.5, 0.6) is 0 Å². The van der Waals surface area contributed by atoms with Gasteiger partial charge in [-0.2, -0.15) is 0 Å². The quantitative estimate of drug-likeness (QED) is 0.659. The molecule has 0 N–H and O–H groups in total. The molecular formula is C20H29N3O4S. The molecule has 0 spiro atoms. The molecule has 3 rings (SSSR count). The molecule has 28 heavy (non-hydrogen) atoms. The minimum absolute atomic E-state index is 0.00812. The molecule has 154 valence electrons.